The first-order valence-corrected chi connectivity index (χ1v) is 13.0. The number of hydrazine groups is 1. The van der Waals surface area contributed by atoms with Crippen molar-refractivity contribution in [2.45, 2.75) is 50.3 Å². The second kappa shape index (κ2) is 8.17. The molecule has 0 heterocycles. The summed E-state index contributed by atoms with van der Waals surface area (Å²) >= 11 is 0. The number of hydrogen-bond acceptors (Lipinski definition) is 4. The maximum atomic E-state index is 13.1. The molecule has 33 heavy (non-hydrogen) atoms. The van der Waals surface area contributed by atoms with Crippen LogP contribution in [0.15, 0.2) is 53.4 Å². The van der Waals surface area contributed by atoms with E-state index in [4.69, 9.17) is 0 Å². The van der Waals surface area contributed by atoms with Crippen molar-refractivity contribution < 1.29 is 18.0 Å². The predicted octanol–water partition coefficient (Wildman–Crippen LogP) is 3.77. The molecule has 4 bridgehead atoms. The van der Waals surface area contributed by atoms with E-state index in [-0.39, 0.29) is 27.5 Å². The van der Waals surface area contributed by atoms with Gasteiger partial charge in [0.15, 0.2) is 0 Å². The topological polar surface area (TPSA) is 104 Å². The number of hydrogen-bond donors (Lipinski definition) is 3. The van der Waals surface area contributed by atoms with Crippen LogP contribution in [-0.4, -0.2) is 20.2 Å². The SMILES string of the molecule is Cc1ccc(S(=O)(=O)Nc2cccc(C(=O)NNC(=O)C34CC5CC(CC(C5)C3)C4)c2)cc1. The first kappa shape index (κ1) is 21.9. The molecule has 4 aliphatic carbocycles. The highest BCUT2D eigenvalue weighted by Crippen LogP contribution is 2.60. The lowest BCUT2D eigenvalue weighted by Gasteiger charge is -2.55. The number of nitrogens with one attached hydrogen (secondary N) is 3. The fourth-order valence-corrected chi connectivity index (χ4v) is 7.41. The molecule has 4 aliphatic rings. The molecule has 0 atom stereocenters. The Labute approximate surface area is 194 Å². The Hall–Kier alpha value is -2.87. The third kappa shape index (κ3) is 4.36. The maximum absolute atomic E-state index is 13.1. The summed E-state index contributed by atoms with van der Waals surface area (Å²) in [7, 11) is -3.78. The number of aryl methyl sites for hydroxylation is 1. The molecule has 7 nitrogen and oxygen atoms in total. The number of rotatable bonds is 5. The Kier molecular flexibility index (Phi) is 5.43. The van der Waals surface area contributed by atoms with Crippen molar-refractivity contribution >= 4 is 27.5 Å². The van der Waals surface area contributed by atoms with E-state index in [9.17, 15) is 18.0 Å². The van der Waals surface area contributed by atoms with Crippen LogP contribution in [0.5, 0.6) is 0 Å². The van der Waals surface area contributed by atoms with Crippen molar-refractivity contribution in [3.05, 3.63) is 59.7 Å². The minimum Gasteiger partial charge on any atom is -0.280 e. The highest BCUT2D eigenvalue weighted by molar-refractivity contribution is 7.92. The number of sulfonamides is 1. The highest BCUT2D eigenvalue weighted by Gasteiger charge is 2.54. The molecule has 4 fully saturated rings. The standard InChI is InChI=1S/C25H29N3O4S/c1-16-5-7-22(8-6-16)33(31,32)28-21-4-2-3-20(12-21)23(29)26-27-24(30)25-13-17-9-18(14-25)11-19(10-17)15-25/h2-8,12,17-19,28H,9-11,13-15H2,1H3,(H,26,29)(H,27,30). The lowest BCUT2D eigenvalue weighted by molar-refractivity contribution is -0.147. The fourth-order valence-electron chi connectivity index (χ4n) is 6.36. The van der Waals surface area contributed by atoms with E-state index >= 15 is 0 Å². The monoisotopic (exact) mass is 467 g/mol. The van der Waals surface area contributed by atoms with E-state index in [1.54, 1.807) is 30.3 Å². The van der Waals surface area contributed by atoms with Gasteiger partial charge in [0.05, 0.1) is 10.3 Å². The van der Waals surface area contributed by atoms with Crippen molar-refractivity contribution in [1.29, 1.82) is 0 Å². The van der Waals surface area contributed by atoms with Gasteiger partial charge in [0, 0.05) is 11.3 Å². The van der Waals surface area contributed by atoms with Crippen LogP contribution in [-0.2, 0) is 14.8 Å². The smallest absolute Gasteiger partial charge is 0.269 e. The third-order valence-corrected chi connectivity index (χ3v) is 8.91. The second-order valence-electron chi connectivity index (χ2n) is 10.1. The Morgan fingerprint density at radius 3 is 2.09 bits per heavy atom. The summed E-state index contributed by atoms with van der Waals surface area (Å²) in [6.45, 7) is 1.88. The third-order valence-electron chi connectivity index (χ3n) is 7.52. The Balaban J connectivity index is 1.23. The van der Waals surface area contributed by atoms with Gasteiger partial charge >= 0.3 is 0 Å². The van der Waals surface area contributed by atoms with Gasteiger partial charge in [-0.15, -0.1) is 0 Å². The van der Waals surface area contributed by atoms with Gasteiger partial charge in [-0.1, -0.05) is 23.8 Å². The van der Waals surface area contributed by atoms with Crippen LogP contribution in [0, 0.1) is 30.1 Å². The molecule has 2 amide bonds. The average molecular weight is 468 g/mol. The van der Waals surface area contributed by atoms with Gasteiger partial charge in [-0.25, -0.2) is 8.42 Å². The number of anilines is 1. The van der Waals surface area contributed by atoms with Crippen molar-refractivity contribution in [3.8, 4) is 0 Å². The number of carbonyl (C=O) groups excluding carboxylic acids is 2. The molecule has 6 rings (SSSR count). The largest absolute Gasteiger partial charge is 0.280 e. The maximum Gasteiger partial charge on any atom is 0.269 e. The van der Waals surface area contributed by atoms with Gasteiger partial charge in [0.2, 0.25) is 5.91 Å². The summed E-state index contributed by atoms with van der Waals surface area (Å²) in [6.07, 6.45) is 6.46. The van der Waals surface area contributed by atoms with E-state index in [0.717, 1.165) is 24.8 Å². The van der Waals surface area contributed by atoms with E-state index < -0.39 is 15.9 Å². The minimum atomic E-state index is -3.78. The van der Waals surface area contributed by atoms with Gasteiger partial charge in [-0.3, -0.25) is 25.2 Å². The van der Waals surface area contributed by atoms with E-state index in [1.807, 2.05) is 6.92 Å². The van der Waals surface area contributed by atoms with Gasteiger partial charge in [-0.2, -0.15) is 0 Å². The molecule has 0 spiro atoms. The van der Waals surface area contributed by atoms with E-state index in [0.29, 0.717) is 17.8 Å². The Bertz CT molecular complexity index is 1160. The van der Waals surface area contributed by atoms with Gasteiger partial charge in [-0.05, 0) is 93.5 Å². The van der Waals surface area contributed by atoms with Crippen molar-refractivity contribution in [2.75, 3.05) is 4.72 Å². The lowest BCUT2D eigenvalue weighted by atomic mass is 9.49. The predicted molar refractivity (Wildman–Crippen MR) is 125 cm³/mol. The molecule has 0 radical (unpaired) electrons. The molecule has 0 aliphatic heterocycles. The summed E-state index contributed by atoms with van der Waals surface area (Å²) in [5, 5.41) is 0. The summed E-state index contributed by atoms with van der Waals surface area (Å²) in [6, 6.07) is 12.7. The summed E-state index contributed by atoms with van der Waals surface area (Å²) in [4.78, 5) is 25.9. The molecule has 8 heteroatoms. The average Bonchev–Trinajstić information content (AvgIpc) is 2.76. The van der Waals surface area contributed by atoms with Gasteiger partial charge < -0.3 is 0 Å². The Morgan fingerprint density at radius 2 is 1.48 bits per heavy atom. The first-order valence-electron chi connectivity index (χ1n) is 11.5. The molecule has 0 unspecified atom stereocenters. The molecule has 0 saturated heterocycles. The van der Waals surface area contributed by atoms with Crippen LogP contribution >= 0.6 is 0 Å². The van der Waals surface area contributed by atoms with Crippen LogP contribution in [0.25, 0.3) is 0 Å². The quantitative estimate of drug-likeness (QED) is 0.582. The fraction of sp³-hybridized carbons (Fsp3) is 0.440. The molecule has 2 aromatic rings. The van der Waals surface area contributed by atoms with Crippen LogP contribution in [0.1, 0.15) is 54.4 Å². The van der Waals surface area contributed by atoms with Crippen molar-refractivity contribution in [3.63, 3.8) is 0 Å². The zero-order valence-corrected chi connectivity index (χ0v) is 19.5. The van der Waals surface area contributed by atoms with E-state index in [2.05, 4.69) is 15.6 Å². The molecule has 2 aromatic carbocycles. The van der Waals surface area contributed by atoms with Crippen LogP contribution in [0.2, 0.25) is 0 Å². The van der Waals surface area contributed by atoms with E-state index in [1.165, 1.54) is 37.5 Å². The molecular weight excluding hydrogens is 438 g/mol. The van der Waals surface area contributed by atoms with Crippen molar-refractivity contribution in [2.24, 2.45) is 23.2 Å². The molecule has 0 aromatic heterocycles. The molecule has 3 N–H and O–H groups in total. The minimum absolute atomic E-state index is 0.0915. The Morgan fingerprint density at radius 1 is 0.879 bits per heavy atom. The van der Waals surface area contributed by atoms with Gasteiger partial charge in [0.1, 0.15) is 0 Å². The first-order chi connectivity index (χ1) is 15.7. The molecule has 4 saturated carbocycles. The second-order valence-corrected chi connectivity index (χ2v) is 11.8. The summed E-state index contributed by atoms with van der Waals surface area (Å²) in [5.41, 5.74) is 6.33. The molecule has 174 valence electrons. The zero-order valence-electron chi connectivity index (χ0n) is 18.6. The summed E-state index contributed by atoms with van der Waals surface area (Å²) in [5.74, 6) is 1.33. The zero-order chi connectivity index (χ0) is 23.2. The number of benzene rings is 2. The summed E-state index contributed by atoms with van der Waals surface area (Å²) < 4.78 is 27.8. The lowest BCUT2D eigenvalue weighted by Crippen LogP contribution is -2.56. The number of carbonyl (C=O) groups is 2. The number of amides is 2. The normalized spacial score (nSPS) is 27.7. The highest BCUT2D eigenvalue weighted by atomic mass is 32.2. The van der Waals surface area contributed by atoms with Crippen LogP contribution < -0.4 is 15.6 Å². The van der Waals surface area contributed by atoms with Crippen molar-refractivity contribution in [1.82, 2.24) is 10.9 Å². The van der Waals surface area contributed by atoms with Gasteiger partial charge in [0.25, 0.3) is 15.9 Å². The molecular formula is C25H29N3O4S. The van der Waals surface area contributed by atoms with Crippen LogP contribution in [0.4, 0.5) is 5.69 Å². The van der Waals surface area contributed by atoms with Crippen LogP contribution in [0.3, 0.4) is 0 Å².